The van der Waals surface area contributed by atoms with E-state index in [1.54, 1.807) is 0 Å². The van der Waals surface area contributed by atoms with Crippen LogP contribution in [0.25, 0.3) is 0 Å². The first-order chi connectivity index (χ1) is 7.20. The molecule has 3 nitrogen and oxygen atoms in total. The Hall–Kier alpha value is -0.570. The lowest BCUT2D eigenvalue weighted by Crippen LogP contribution is -2.51. The van der Waals surface area contributed by atoms with Crippen molar-refractivity contribution in [2.45, 2.75) is 40.0 Å². The van der Waals surface area contributed by atoms with Crippen LogP contribution in [0.4, 0.5) is 0 Å². The van der Waals surface area contributed by atoms with Crippen LogP contribution < -0.4 is 5.32 Å². The zero-order valence-corrected chi connectivity index (χ0v) is 10.3. The van der Waals surface area contributed by atoms with Gasteiger partial charge in [-0.2, -0.15) is 0 Å². The lowest BCUT2D eigenvalue weighted by Gasteiger charge is -2.37. The number of hydrogen-bond donors (Lipinski definition) is 1. The molecule has 0 aromatic carbocycles. The van der Waals surface area contributed by atoms with Gasteiger partial charge in [0.15, 0.2) is 0 Å². The maximum Gasteiger partial charge on any atom is 0.228 e. The van der Waals surface area contributed by atoms with E-state index in [2.05, 4.69) is 26.1 Å². The summed E-state index contributed by atoms with van der Waals surface area (Å²) in [6, 6.07) is 0. The van der Waals surface area contributed by atoms with Crippen molar-refractivity contribution in [3.63, 3.8) is 0 Å². The van der Waals surface area contributed by atoms with E-state index in [0.29, 0.717) is 5.91 Å². The zero-order chi connectivity index (χ0) is 11.3. The Labute approximate surface area is 93.2 Å². The Kier molecular flexibility index (Phi) is 4.58. The van der Waals surface area contributed by atoms with E-state index in [-0.39, 0.29) is 5.41 Å². The van der Waals surface area contributed by atoms with E-state index in [9.17, 15) is 4.79 Å². The normalized spacial score (nSPS) is 17.9. The SMILES string of the molecule is CCC(CC)(CC)C(=O)N1CCNCC1. The van der Waals surface area contributed by atoms with Crippen LogP contribution in [-0.4, -0.2) is 37.0 Å². The predicted octanol–water partition coefficient (Wildman–Crippen LogP) is 1.63. The van der Waals surface area contributed by atoms with E-state index < -0.39 is 0 Å². The Morgan fingerprint density at radius 1 is 1.13 bits per heavy atom. The van der Waals surface area contributed by atoms with E-state index >= 15 is 0 Å². The molecular weight excluding hydrogens is 188 g/mol. The van der Waals surface area contributed by atoms with Crippen LogP contribution in [0.2, 0.25) is 0 Å². The summed E-state index contributed by atoms with van der Waals surface area (Å²) in [5.74, 6) is 0.372. The fourth-order valence-electron chi connectivity index (χ4n) is 2.41. The van der Waals surface area contributed by atoms with Gasteiger partial charge in [-0.3, -0.25) is 4.79 Å². The van der Waals surface area contributed by atoms with Gasteiger partial charge in [-0.15, -0.1) is 0 Å². The predicted molar refractivity (Wildman–Crippen MR) is 62.8 cm³/mol. The Morgan fingerprint density at radius 3 is 2.00 bits per heavy atom. The first-order valence-corrected chi connectivity index (χ1v) is 6.20. The van der Waals surface area contributed by atoms with Crippen molar-refractivity contribution < 1.29 is 4.79 Å². The maximum absolute atomic E-state index is 12.4. The molecule has 1 rings (SSSR count). The molecule has 1 aliphatic heterocycles. The molecule has 0 bridgehead atoms. The molecule has 0 unspecified atom stereocenters. The van der Waals surface area contributed by atoms with Crippen molar-refractivity contribution in [3.05, 3.63) is 0 Å². The van der Waals surface area contributed by atoms with Gasteiger partial charge in [0.2, 0.25) is 5.91 Å². The van der Waals surface area contributed by atoms with Gasteiger partial charge in [0.05, 0.1) is 0 Å². The molecule has 1 fully saturated rings. The zero-order valence-electron chi connectivity index (χ0n) is 10.3. The summed E-state index contributed by atoms with van der Waals surface area (Å²) >= 11 is 0. The van der Waals surface area contributed by atoms with Crippen LogP contribution in [0.15, 0.2) is 0 Å². The Morgan fingerprint density at radius 2 is 1.60 bits per heavy atom. The molecule has 88 valence electrons. The van der Waals surface area contributed by atoms with Gasteiger partial charge in [0, 0.05) is 31.6 Å². The van der Waals surface area contributed by atoms with Gasteiger partial charge in [-0.05, 0) is 19.3 Å². The van der Waals surface area contributed by atoms with E-state index in [0.717, 1.165) is 45.4 Å². The molecule has 15 heavy (non-hydrogen) atoms. The molecule has 0 aromatic heterocycles. The summed E-state index contributed by atoms with van der Waals surface area (Å²) in [6.07, 6.45) is 2.88. The molecule has 0 atom stereocenters. The molecule has 3 heteroatoms. The highest BCUT2D eigenvalue weighted by Crippen LogP contribution is 2.32. The molecule has 0 saturated carbocycles. The molecule has 0 spiro atoms. The number of amides is 1. The molecule has 1 aliphatic rings. The molecule has 1 saturated heterocycles. The van der Waals surface area contributed by atoms with Crippen molar-refractivity contribution in [1.29, 1.82) is 0 Å². The third-order valence-corrected chi connectivity index (χ3v) is 3.89. The first kappa shape index (κ1) is 12.5. The lowest BCUT2D eigenvalue weighted by atomic mass is 9.78. The van der Waals surface area contributed by atoms with E-state index in [4.69, 9.17) is 0 Å². The fraction of sp³-hybridized carbons (Fsp3) is 0.917. The molecular formula is C12H24N2O. The van der Waals surface area contributed by atoms with Crippen LogP contribution in [0, 0.1) is 5.41 Å². The van der Waals surface area contributed by atoms with Crippen LogP contribution in [0.5, 0.6) is 0 Å². The largest absolute Gasteiger partial charge is 0.340 e. The van der Waals surface area contributed by atoms with Gasteiger partial charge in [0.1, 0.15) is 0 Å². The average Bonchev–Trinajstić information content (AvgIpc) is 2.33. The minimum Gasteiger partial charge on any atom is -0.340 e. The number of carbonyl (C=O) groups is 1. The quantitative estimate of drug-likeness (QED) is 0.768. The second kappa shape index (κ2) is 5.50. The molecule has 0 radical (unpaired) electrons. The highest BCUT2D eigenvalue weighted by Gasteiger charge is 2.36. The topological polar surface area (TPSA) is 32.3 Å². The summed E-state index contributed by atoms with van der Waals surface area (Å²) in [4.78, 5) is 14.4. The fourth-order valence-corrected chi connectivity index (χ4v) is 2.41. The minimum atomic E-state index is -0.0999. The second-order valence-corrected chi connectivity index (χ2v) is 4.38. The van der Waals surface area contributed by atoms with Crippen molar-refractivity contribution in [1.82, 2.24) is 10.2 Å². The van der Waals surface area contributed by atoms with Crippen molar-refractivity contribution in [3.8, 4) is 0 Å². The summed E-state index contributed by atoms with van der Waals surface area (Å²) in [6.45, 7) is 10.0. The van der Waals surface area contributed by atoms with Crippen LogP contribution >= 0.6 is 0 Å². The molecule has 1 heterocycles. The van der Waals surface area contributed by atoms with E-state index in [1.165, 1.54) is 0 Å². The molecule has 0 aromatic rings. The maximum atomic E-state index is 12.4. The third kappa shape index (κ3) is 2.51. The van der Waals surface area contributed by atoms with Gasteiger partial charge in [-0.1, -0.05) is 20.8 Å². The Bertz CT molecular complexity index is 197. The van der Waals surface area contributed by atoms with Gasteiger partial charge in [0.25, 0.3) is 0 Å². The summed E-state index contributed by atoms with van der Waals surface area (Å²) < 4.78 is 0. The lowest BCUT2D eigenvalue weighted by molar-refractivity contribution is -0.143. The average molecular weight is 212 g/mol. The summed E-state index contributed by atoms with van der Waals surface area (Å²) in [5, 5.41) is 3.28. The van der Waals surface area contributed by atoms with E-state index in [1.807, 2.05) is 4.90 Å². The van der Waals surface area contributed by atoms with Gasteiger partial charge >= 0.3 is 0 Å². The van der Waals surface area contributed by atoms with Crippen molar-refractivity contribution >= 4 is 5.91 Å². The van der Waals surface area contributed by atoms with Gasteiger partial charge in [-0.25, -0.2) is 0 Å². The minimum absolute atomic E-state index is 0.0999. The first-order valence-electron chi connectivity index (χ1n) is 6.20. The number of carbonyl (C=O) groups excluding carboxylic acids is 1. The third-order valence-electron chi connectivity index (χ3n) is 3.89. The second-order valence-electron chi connectivity index (χ2n) is 4.38. The Balaban J connectivity index is 2.70. The highest BCUT2D eigenvalue weighted by molar-refractivity contribution is 5.82. The number of nitrogens with zero attached hydrogens (tertiary/aromatic N) is 1. The van der Waals surface area contributed by atoms with Crippen molar-refractivity contribution in [2.75, 3.05) is 26.2 Å². The van der Waals surface area contributed by atoms with Crippen molar-refractivity contribution in [2.24, 2.45) is 5.41 Å². The summed E-state index contributed by atoms with van der Waals surface area (Å²) in [7, 11) is 0. The number of hydrogen-bond acceptors (Lipinski definition) is 2. The number of piperazine rings is 1. The standard InChI is InChI=1S/C12H24N2O/c1-4-12(5-2,6-3)11(15)14-9-7-13-8-10-14/h13H,4-10H2,1-3H3. The smallest absolute Gasteiger partial charge is 0.228 e. The van der Waals surface area contributed by atoms with Crippen LogP contribution in [0.3, 0.4) is 0 Å². The highest BCUT2D eigenvalue weighted by atomic mass is 16.2. The van der Waals surface area contributed by atoms with Crippen LogP contribution in [-0.2, 0) is 4.79 Å². The summed E-state index contributed by atoms with van der Waals surface area (Å²) in [5.41, 5.74) is -0.0999. The number of nitrogens with one attached hydrogen (secondary N) is 1. The monoisotopic (exact) mass is 212 g/mol. The van der Waals surface area contributed by atoms with Gasteiger partial charge < -0.3 is 10.2 Å². The number of rotatable bonds is 4. The molecule has 0 aliphatic carbocycles. The van der Waals surface area contributed by atoms with Crippen LogP contribution in [0.1, 0.15) is 40.0 Å². The molecule has 1 amide bonds. The molecule has 1 N–H and O–H groups in total.